The summed E-state index contributed by atoms with van der Waals surface area (Å²) in [5.41, 5.74) is 7.94. The largest absolute Gasteiger partial charge is 0.493 e. The highest BCUT2D eigenvalue weighted by Crippen LogP contribution is 2.32. The van der Waals surface area contributed by atoms with Gasteiger partial charge in [0.2, 0.25) is 0 Å². The van der Waals surface area contributed by atoms with Crippen molar-refractivity contribution in [3.8, 4) is 69.0 Å². The molecule has 0 radical (unpaired) electrons. The standard InChI is InChI=1S/4C21H28O4/c4*1-16-7-6-10-19(13-16)25-15-18(22)9-5-4-8-17-11-12-20(23-2)21(14-17)24-3/h4*6-7,10-14,18,22H,4-5,8-9,15H2,1-3H3/i2D3,3D3,18D;3D3,18D;2D3,18D;18D. The number of aryl methyl sites for hydroxylation is 8. The van der Waals surface area contributed by atoms with Gasteiger partial charge in [-0.2, -0.15) is 0 Å². The lowest BCUT2D eigenvalue weighted by Gasteiger charge is -2.13. The minimum atomic E-state index is -2.76. The van der Waals surface area contributed by atoms with E-state index >= 15 is 0 Å². The van der Waals surface area contributed by atoms with Crippen molar-refractivity contribution in [3.63, 3.8) is 0 Å². The average molecular weight is 1390 g/mol. The fourth-order valence-corrected chi connectivity index (χ4v) is 10.2. The number of methoxy groups -OCH3 is 8. The monoisotopic (exact) mass is 1390 g/mol. The van der Waals surface area contributed by atoms with Crippen molar-refractivity contribution < 1.29 is 99.2 Å². The van der Waals surface area contributed by atoms with Crippen molar-refractivity contribution in [3.05, 3.63) is 214 Å². The number of hydrogen-bond acceptors (Lipinski definition) is 16. The van der Waals surface area contributed by atoms with Gasteiger partial charge in [-0.1, -0.05) is 98.5 Å². The van der Waals surface area contributed by atoms with Gasteiger partial charge in [0.25, 0.3) is 0 Å². The predicted octanol–water partition coefficient (Wildman–Crippen LogP) is 16.7. The van der Waals surface area contributed by atoms with Crippen LogP contribution in [0, 0.1) is 27.7 Å². The molecular formula is C84H112O16. The summed E-state index contributed by atoms with van der Waals surface area (Å²) in [7, 11) is -4.44. The average Bonchev–Trinajstić information content (AvgIpc) is 0.827. The molecule has 0 saturated carbocycles. The Labute approximate surface area is 618 Å². The zero-order chi connectivity index (χ0) is 86.0. The normalized spacial score (nSPS) is 16.0. The molecule has 0 aliphatic carbocycles. The molecule has 8 aromatic rings. The van der Waals surface area contributed by atoms with Gasteiger partial charge < -0.3 is 77.3 Å². The van der Waals surface area contributed by atoms with E-state index < -0.39 is 52.5 Å². The SMILES string of the molecule is [2H]C(O)(CCCCc1ccc(OC([2H])([2H])[2H])c(OC([2H])([2H])[2H])c1)COc1cccc(C)c1.[2H]C(O)(CCCCc1ccc(OC([2H])([2H])[2H])c(OC)c1)COc1cccc(C)c1.[2H]C(O)(CCCCc1ccc(OC)c(OC([2H])([2H])[2H])c1)COc1cccc(C)c1.[2H]C(O)(CCCCc1ccc(OC)c(OC)c1)COc1cccc(C)c1. The van der Waals surface area contributed by atoms with Crippen LogP contribution in [0.15, 0.2) is 170 Å². The van der Waals surface area contributed by atoms with E-state index in [1.807, 2.05) is 131 Å². The van der Waals surface area contributed by atoms with Crippen molar-refractivity contribution in [2.45, 2.75) is 155 Å². The highest BCUT2D eigenvalue weighted by Gasteiger charge is 2.13. The molecule has 0 fully saturated rings. The molecule has 8 aromatic carbocycles. The van der Waals surface area contributed by atoms with Crippen LogP contribution in [0.4, 0.5) is 0 Å². The molecule has 16 heteroatoms. The number of unbranched alkanes of at least 4 members (excludes halogenated alkanes) is 4. The first kappa shape index (κ1) is 60.0. The van der Waals surface area contributed by atoms with E-state index in [4.69, 9.17) is 78.8 Å². The van der Waals surface area contributed by atoms with Gasteiger partial charge >= 0.3 is 0 Å². The maximum Gasteiger partial charge on any atom is 0.160 e. The van der Waals surface area contributed by atoms with E-state index in [1.54, 1.807) is 68.8 Å². The second-order valence-corrected chi connectivity index (χ2v) is 23.9. The summed E-state index contributed by atoms with van der Waals surface area (Å²) in [6.45, 7) is 7.43. The third kappa shape index (κ3) is 32.0. The lowest BCUT2D eigenvalue weighted by Crippen LogP contribution is -2.17. The third-order valence-corrected chi connectivity index (χ3v) is 15.7. The van der Waals surface area contributed by atoms with Gasteiger partial charge in [-0.25, -0.2) is 0 Å². The van der Waals surface area contributed by atoms with Gasteiger partial charge in [0.05, 0.1) is 103 Å². The molecule has 4 unspecified atom stereocenters. The van der Waals surface area contributed by atoms with E-state index in [9.17, 15) is 20.4 Å². The Kier molecular flexibility index (Phi) is 28.4. The highest BCUT2D eigenvalue weighted by atomic mass is 16.5. The first-order valence-electron chi connectivity index (χ1n) is 41.4. The molecule has 0 saturated heterocycles. The van der Waals surface area contributed by atoms with Gasteiger partial charge in [-0.3, -0.25) is 0 Å². The van der Waals surface area contributed by atoms with Gasteiger partial charge in [-0.05, 0) is 246 Å². The summed E-state index contributed by atoms with van der Waals surface area (Å²) in [6, 6.07) is 50.5. The zero-order valence-electron chi connectivity index (χ0n) is 75.0. The van der Waals surface area contributed by atoms with Crippen LogP contribution in [-0.2, 0) is 25.7 Å². The molecule has 0 spiro atoms. The summed E-state index contributed by atoms with van der Waals surface area (Å²) in [4.78, 5) is 0. The quantitative estimate of drug-likeness (QED) is 0.0265. The van der Waals surface area contributed by atoms with E-state index in [2.05, 4.69) is 0 Å². The van der Waals surface area contributed by atoms with Crippen LogP contribution in [0.5, 0.6) is 69.0 Å². The fourth-order valence-electron chi connectivity index (χ4n) is 10.2. The van der Waals surface area contributed by atoms with E-state index in [-0.39, 0.29) is 68.7 Å². The number of ether oxygens (including phenoxy) is 12. The summed E-state index contributed by atoms with van der Waals surface area (Å²) in [5.74, 6) is 4.69. The van der Waals surface area contributed by atoms with Crippen LogP contribution in [-0.4, -0.2) is 128 Å². The van der Waals surface area contributed by atoms with Gasteiger partial charge in [0.1, 0.15) is 49.4 Å². The van der Waals surface area contributed by atoms with Crippen molar-refractivity contribution in [2.24, 2.45) is 0 Å². The molecule has 4 atom stereocenters. The van der Waals surface area contributed by atoms with Crippen molar-refractivity contribution in [1.82, 2.24) is 0 Å². The van der Waals surface area contributed by atoms with Gasteiger partial charge in [-0.15, -0.1) is 0 Å². The van der Waals surface area contributed by atoms with E-state index in [1.165, 1.54) is 26.4 Å². The predicted molar refractivity (Wildman–Crippen MR) is 399 cm³/mol. The first-order chi connectivity index (χ1) is 54.3. The first-order valence-corrected chi connectivity index (χ1v) is 33.4. The lowest BCUT2D eigenvalue weighted by atomic mass is 10.0. The fraction of sp³-hybridized carbons (Fsp3) is 0.429. The third-order valence-electron chi connectivity index (χ3n) is 15.7. The van der Waals surface area contributed by atoms with Gasteiger partial charge in [0, 0.05) is 0 Å². The summed E-state index contributed by atoms with van der Waals surface area (Å²) < 4.78 is 182. The number of hydrogen-bond donors (Lipinski definition) is 4. The van der Waals surface area contributed by atoms with Crippen LogP contribution in [0.25, 0.3) is 0 Å². The second kappa shape index (κ2) is 47.3. The van der Waals surface area contributed by atoms with E-state index in [0.29, 0.717) is 103 Å². The molecule has 0 amide bonds. The summed E-state index contributed by atoms with van der Waals surface area (Å²) in [5, 5.41) is 40.9. The van der Waals surface area contributed by atoms with Crippen LogP contribution < -0.4 is 56.8 Å². The molecule has 0 aliphatic rings. The summed E-state index contributed by atoms with van der Waals surface area (Å²) in [6.07, 6.45) is 2.73. The zero-order valence-corrected chi connectivity index (χ0v) is 59.0. The Morgan fingerprint density at radius 2 is 0.500 bits per heavy atom. The number of benzene rings is 8. The molecule has 0 aromatic heterocycles. The van der Waals surface area contributed by atoms with Crippen LogP contribution >= 0.6 is 0 Å². The van der Waals surface area contributed by atoms with Crippen LogP contribution in [0.2, 0.25) is 0 Å². The molecule has 0 heterocycles. The van der Waals surface area contributed by atoms with Crippen LogP contribution in [0.3, 0.4) is 0 Å². The molecular weight excluding hydrogens is 1260 g/mol. The molecule has 544 valence electrons. The molecule has 100 heavy (non-hydrogen) atoms. The highest BCUT2D eigenvalue weighted by molar-refractivity contribution is 5.46. The molecule has 8 rings (SSSR count). The van der Waals surface area contributed by atoms with Crippen molar-refractivity contribution in [2.75, 3.05) is 83.0 Å². The van der Waals surface area contributed by atoms with E-state index in [0.717, 1.165) is 71.0 Å². The number of aliphatic hydroxyl groups is 4. The Balaban J connectivity index is 0.000000277. The topological polar surface area (TPSA) is 192 Å². The van der Waals surface area contributed by atoms with Crippen molar-refractivity contribution >= 4 is 0 Å². The Morgan fingerprint density at radius 1 is 0.280 bits per heavy atom. The Hall–Kier alpha value is -8.80. The molecule has 16 nitrogen and oxygen atoms in total. The number of rotatable bonds is 40. The Bertz CT molecular complexity index is 4230. The maximum atomic E-state index is 10.2. The van der Waals surface area contributed by atoms with Crippen molar-refractivity contribution in [1.29, 1.82) is 0 Å². The molecule has 0 bridgehead atoms. The Morgan fingerprint density at radius 3 is 0.720 bits per heavy atom. The summed E-state index contributed by atoms with van der Waals surface area (Å²) >= 11 is 0. The minimum absolute atomic E-state index is 0.0349. The second-order valence-electron chi connectivity index (χ2n) is 23.9. The minimum Gasteiger partial charge on any atom is -0.493 e. The smallest absolute Gasteiger partial charge is 0.160 e. The molecule has 4 N–H and O–H groups in total. The lowest BCUT2D eigenvalue weighted by molar-refractivity contribution is 0.0976. The van der Waals surface area contributed by atoms with Crippen LogP contribution in [0.1, 0.15) is 143 Å². The maximum absolute atomic E-state index is 10.2. The molecule has 0 aliphatic heterocycles. The van der Waals surface area contributed by atoms with Gasteiger partial charge in [0.15, 0.2) is 46.0 Å².